The van der Waals surface area contributed by atoms with Gasteiger partial charge >= 0.3 is 0 Å². The molecule has 0 atom stereocenters. The second-order valence-corrected chi connectivity index (χ2v) is 8.58. The third-order valence-corrected chi connectivity index (χ3v) is 6.57. The van der Waals surface area contributed by atoms with Crippen LogP contribution >= 0.6 is 11.3 Å². The Hall–Kier alpha value is -3.65. The van der Waals surface area contributed by atoms with Gasteiger partial charge in [-0.1, -0.05) is 41.2 Å². The molecule has 1 aliphatic heterocycles. The van der Waals surface area contributed by atoms with Gasteiger partial charge in [0.05, 0.1) is 12.5 Å². The number of piperazine rings is 1. The van der Waals surface area contributed by atoms with E-state index in [0.29, 0.717) is 53.8 Å². The number of nitrogens with zero attached hydrogens (tertiary/aromatic N) is 3. The number of thiazole rings is 1. The number of furan rings is 2. The normalized spacial score (nSPS) is 14.0. The first kappa shape index (κ1) is 20.3. The molecule has 3 aromatic heterocycles. The summed E-state index contributed by atoms with van der Waals surface area (Å²) in [5.74, 6) is 0.723. The van der Waals surface area contributed by atoms with E-state index in [1.54, 1.807) is 29.4 Å². The van der Waals surface area contributed by atoms with Crippen molar-refractivity contribution in [3.05, 3.63) is 82.8 Å². The summed E-state index contributed by atoms with van der Waals surface area (Å²) in [6.07, 6.45) is 3.08. The minimum atomic E-state index is -0.111. The highest BCUT2D eigenvalue weighted by molar-refractivity contribution is 7.18. The minimum absolute atomic E-state index is 0.0771. The van der Waals surface area contributed by atoms with Crippen LogP contribution in [0.15, 0.2) is 69.9 Å². The van der Waals surface area contributed by atoms with Crippen LogP contribution in [0.4, 0.5) is 5.13 Å². The van der Waals surface area contributed by atoms with Crippen molar-refractivity contribution in [3.63, 3.8) is 0 Å². The van der Waals surface area contributed by atoms with Crippen molar-refractivity contribution in [1.82, 2.24) is 9.88 Å². The van der Waals surface area contributed by atoms with Gasteiger partial charge in [-0.3, -0.25) is 9.59 Å². The van der Waals surface area contributed by atoms with Gasteiger partial charge in [-0.25, -0.2) is 4.98 Å². The number of ketones is 1. The average Bonchev–Trinajstić information content (AvgIpc) is 3.60. The van der Waals surface area contributed by atoms with E-state index in [-0.39, 0.29) is 11.7 Å². The molecule has 1 aliphatic rings. The number of hydrogen-bond donors (Lipinski definition) is 0. The molecule has 1 aromatic carbocycles. The van der Waals surface area contributed by atoms with E-state index in [1.165, 1.54) is 17.6 Å². The molecule has 0 unspecified atom stereocenters. The van der Waals surface area contributed by atoms with Gasteiger partial charge < -0.3 is 18.6 Å². The molecule has 0 N–H and O–H groups in total. The van der Waals surface area contributed by atoms with Gasteiger partial charge in [-0.2, -0.15) is 0 Å². The van der Waals surface area contributed by atoms with Crippen molar-refractivity contribution >= 4 is 28.2 Å². The second-order valence-electron chi connectivity index (χ2n) is 7.60. The van der Waals surface area contributed by atoms with Crippen molar-refractivity contribution in [1.29, 1.82) is 0 Å². The smallest absolute Gasteiger partial charge is 0.289 e. The first-order chi connectivity index (χ1) is 15.6. The van der Waals surface area contributed by atoms with Gasteiger partial charge in [0.15, 0.2) is 16.7 Å². The molecule has 0 bridgehead atoms. The van der Waals surface area contributed by atoms with Crippen LogP contribution in [0.3, 0.4) is 0 Å². The van der Waals surface area contributed by atoms with E-state index >= 15 is 0 Å². The molecule has 4 aromatic rings. The lowest BCUT2D eigenvalue weighted by Crippen LogP contribution is -2.48. The summed E-state index contributed by atoms with van der Waals surface area (Å²) < 4.78 is 10.8. The Labute approximate surface area is 188 Å². The zero-order chi connectivity index (χ0) is 22.1. The molecule has 5 rings (SSSR count). The zero-order valence-electron chi connectivity index (χ0n) is 17.5. The van der Waals surface area contributed by atoms with E-state index in [2.05, 4.69) is 4.90 Å². The lowest BCUT2D eigenvalue weighted by Gasteiger charge is -2.34. The van der Waals surface area contributed by atoms with E-state index in [1.807, 2.05) is 37.3 Å². The van der Waals surface area contributed by atoms with Crippen molar-refractivity contribution in [2.75, 3.05) is 31.1 Å². The molecule has 0 saturated carbocycles. The Balaban J connectivity index is 1.39. The first-order valence-corrected chi connectivity index (χ1v) is 11.2. The zero-order valence-corrected chi connectivity index (χ0v) is 18.3. The SMILES string of the molecule is Cc1ccc(C(=O)c2sc(N3CCN(C(=O)c4ccco4)CC3)nc2-c2ccco2)cc1. The third-order valence-electron chi connectivity index (χ3n) is 5.46. The Bertz CT molecular complexity index is 1220. The van der Waals surface area contributed by atoms with Crippen molar-refractivity contribution < 1.29 is 18.4 Å². The Kier molecular flexibility index (Phi) is 5.36. The summed E-state index contributed by atoms with van der Waals surface area (Å²) in [5, 5.41) is 0.747. The summed E-state index contributed by atoms with van der Waals surface area (Å²) in [6, 6.07) is 14.5. The highest BCUT2D eigenvalue weighted by atomic mass is 32.1. The number of carbonyl (C=O) groups excluding carboxylic acids is 2. The minimum Gasteiger partial charge on any atom is -0.463 e. The highest BCUT2D eigenvalue weighted by Crippen LogP contribution is 2.35. The summed E-state index contributed by atoms with van der Waals surface area (Å²) in [4.78, 5) is 35.0. The fraction of sp³-hybridized carbons (Fsp3) is 0.208. The van der Waals surface area contributed by atoms with Gasteiger partial charge in [0.2, 0.25) is 5.78 Å². The van der Waals surface area contributed by atoms with E-state index in [4.69, 9.17) is 13.8 Å². The number of rotatable bonds is 5. The van der Waals surface area contributed by atoms with E-state index in [9.17, 15) is 9.59 Å². The van der Waals surface area contributed by atoms with Gasteiger partial charge in [0, 0.05) is 31.7 Å². The van der Waals surface area contributed by atoms with E-state index < -0.39 is 0 Å². The number of aryl methyl sites for hydroxylation is 1. The highest BCUT2D eigenvalue weighted by Gasteiger charge is 2.28. The molecule has 4 heterocycles. The molecular formula is C24H21N3O4S. The molecule has 7 nitrogen and oxygen atoms in total. The molecule has 1 amide bonds. The molecule has 1 saturated heterocycles. The maximum atomic E-state index is 13.3. The summed E-state index contributed by atoms with van der Waals surface area (Å²) in [7, 11) is 0. The number of aromatic nitrogens is 1. The second kappa shape index (κ2) is 8.47. The lowest BCUT2D eigenvalue weighted by atomic mass is 10.1. The number of carbonyl (C=O) groups is 2. The van der Waals surface area contributed by atoms with Crippen LogP contribution in [0.25, 0.3) is 11.5 Å². The molecule has 32 heavy (non-hydrogen) atoms. The Morgan fingerprint density at radius 3 is 2.31 bits per heavy atom. The van der Waals surface area contributed by atoms with Crippen LogP contribution in [0.5, 0.6) is 0 Å². The molecule has 8 heteroatoms. The number of hydrogen-bond acceptors (Lipinski definition) is 7. The maximum Gasteiger partial charge on any atom is 0.289 e. The summed E-state index contributed by atoms with van der Waals surface area (Å²) in [5.41, 5.74) is 2.27. The van der Waals surface area contributed by atoms with Gasteiger partial charge in [-0.05, 0) is 31.2 Å². The van der Waals surface area contributed by atoms with Crippen molar-refractivity contribution in [3.8, 4) is 11.5 Å². The summed E-state index contributed by atoms with van der Waals surface area (Å²) in [6.45, 7) is 4.34. The van der Waals surface area contributed by atoms with Crippen molar-refractivity contribution in [2.24, 2.45) is 0 Å². The molecule has 0 spiro atoms. The number of anilines is 1. The monoisotopic (exact) mass is 447 g/mol. The quantitative estimate of drug-likeness (QED) is 0.419. The first-order valence-electron chi connectivity index (χ1n) is 10.3. The molecule has 162 valence electrons. The van der Waals surface area contributed by atoms with Gasteiger partial charge in [0.1, 0.15) is 10.6 Å². The van der Waals surface area contributed by atoms with Crippen LogP contribution in [0.2, 0.25) is 0 Å². The Morgan fingerprint density at radius 1 is 0.938 bits per heavy atom. The molecule has 1 fully saturated rings. The number of benzene rings is 1. The fourth-order valence-electron chi connectivity index (χ4n) is 3.67. The summed E-state index contributed by atoms with van der Waals surface area (Å²) >= 11 is 1.36. The molecule has 0 radical (unpaired) electrons. The van der Waals surface area contributed by atoms with Crippen LogP contribution in [-0.4, -0.2) is 47.8 Å². The molecular weight excluding hydrogens is 426 g/mol. The predicted molar refractivity (Wildman–Crippen MR) is 121 cm³/mol. The van der Waals surface area contributed by atoms with Gasteiger partial charge in [-0.15, -0.1) is 0 Å². The topological polar surface area (TPSA) is 79.8 Å². The van der Waals surface area contributed by atoms with Crippen LogP contribution < -0.4 is 4.90 Å². The largest absolute Gasteiger partial charge is 0.463 e. The van der Waals surface area contributed by atoms with E-state index in [0.717, 1.165) is 10.7 Å². The third kappa shape index (κ3) is 3.85. The lowest BCUT2D eigenvalue weighted by molar-refractivity contribution is 0.0714. The average molecular weight is 448 g/mol. The maximum absolute atomic E-state index is 13.3. The van der Waals surface area contributed by atoms with Gasteiger partial charge in [0.25, 0.3) is 5.91 Å². The van der Waals surface area contributed by atoms with Crippen LogP contribution in [-0.2, 0) is 0 Å². The standard InChI is InChI=1S/C24H21N3O4S/c1-16-6-8-17(9-7-16)21(28)22-20(18-4-2-14-30-18)25-24(32-22)27-12-10-26(11-13-27)23(29)19-5-3-15-31-19/h2-9,14-15H,10-13H2,1H3. The fourth-order valence-corrected chi connectivity index (χ4v) is 4.76. The van der Waals surface area contributed by atoms with Crippen LogP contribution in [0, 0.1) is 6.92 Å². The van der Waals surface area contributed by atoms with Crippen LogP contribution in [0.1, 0.15) is 31.4 Å². The van der Waals surface area contributed by atoms with Crippen molar-refractivity contribution in [2.45, 2.75) is 6.92 Å². The number of amides is 1. The molecule has 0 aliphatic carbocycles. The Morgan fingerprint density at radius 2 is 1.66 bits per heavy atom. The predicted octanol–water partition coefficient (Wildman–Crippen LogP) is 4.50.